The van der Waals surface area contributed by atoms with Crippen LogP contribution in [0.5, 0.6) is 0 Å². The zero-order valence-corrected chi connectivity index (χ0v) is 16.2. The van der Waals surface area contributed by atoms with E-state index < -0.39 is 16.8 Å². The van der Waals surface area contributed by atoms with Gasteiger partial charge in [-0.15, -0.1) is 0 Å². The number of benzene rings is 1. The Labute approximate surface area is 171 Å². The number of nitro groups is 1. The average molecular weight is 415 g/mol. The number of nitrogens with one attached hydrogen (secondary N) is 1. The Morgan fingerprint density at radius 3 is 2.40 bits per heavy atom. The van der Waals surface area contributed by atoms with Crippen LogP contribution >= 0.6 is 0 Å². The molecule has 0 spiro atoms. The molecule has 156 valence electrons. The summed E-state index contributed by atoms with van der Waals surface area (Å²) in [4.78, 5) is 41.7. The summed E-state index contributed by atoms with van der Waals surface area (Å²) < 4.78 is 13.1. The number of pyridine rings is 1. The average Bonchev–Trinajstić information content (AvgIpc) is 3.02. The van der Waals surface area contributed by atoms with Gasteiger partial charge in [0.15, 0.2) is 12.2 Å². The van der Waals surface area contributed by atoms with Gasteiger partial charge in [-0.05, 0) is 24.3 Å². The molecular formula is C20H22FN5O4+2. The first-order chi connectivity index (χ1) is 14.4. The molecule has 2 aliphatic rings. The first kappa shape index (κ1) is 19.9. The molecule has 1 aromatic heterocycles. The van der Waals surface area contributed by atoms with Crippen molar-refractivity contribution in [1.82, 2.24) is 0 Å². The first-order valence-electron chi connectivity index (χ1n) is 9.81. The molecule has 30 heavy (non-hydrogen) atoms. The van der Waals surface area contributed by atoms with Crippen molar-refractivity contribution in [3.05, 3.63) is 58.5 Å². The predicted octanol–water partition coefficient (Wildman–Crippen LogP) is 0.412. The van der Waals surface area contributed by atoms with Gasteiger partial charge in [0.25, 0.3) is 11.7 Å². The summed E-state index contributed by atoms with van der Waals surface area (Å²) in [5.74, 6) is -0.143. The Balaban J connectivity index is 1.34. The number of piperidine rings is 1. The van der Waals surface area contributed by atoms with Crippen LogP contribution in [0.4, 0.5) is 21.6 Å². The molecule has 2 saturated heterocycles. The van der Waals surface area contributed by atoms with E-state index in [4.69, 9.17) is 0 Å². The number of nitrogens with two attached hydrogens (primary N) is 1. The topological polar surface area (TPSA) is 115 Å². The Bertz CT molecular complexity index is 958. The largest absolute Gasteiger partial charge is 0.333 e. The third kappa shape index (κ3) is 3.99. The van der Waals surface area contributed by atoms with Gasteiger partial charge in [-0.25, -0.2) is 14.3 Å². The smallest absolute Gasteiger partial charge is 0.308 e. The van der Waals surface area contributed by atoms with E-state index >= 15 is 0 Å². The second-order valence-corrected chi connectivity index (χ2v) is 7.56. The van der Waals surface area contributed by atoms with E-state index in [9.17, 15) is 24.1 Å². The SMILES string of the molecule is O=C1C[C@@H]([NH2+]C2CCN(c3ccc([N+](=O)[O-])c[nH+]3)CC2)C(=O)N1c1ccc(F)cc1. The summed E-state index contributed by atoms with van der Waals surface area (Å²) in [6.45, 7) is 1.48. The molecule has 1 aromatic carbocycles. The highest BCUT2D eigenvalue weighted by atomic mass is 19.1. The maximum Gasteiger partial charge on any atom is 0.308 e. The van der Waals surface area contributed by atoms with Crippen molar-refractivity contribution in [2.45, 2.75) is 31.3 Å². The fourth-order valence-electron chi connectivity index (χ4n) is 4.05. The molecule has 3 heterocycles. The van der Waals surface area contributed by atoms with Gasteiger partial charge in [-0.2, -0.15) is 0 Å². The molecule has 0 saturated carbocycles. The van der Waals surface area contributed by atoms with E-state index in [1.807, 2.05) is 5.32 Å². The maximum absolute atomic E-state index is 13.1. The number of amides is 2. The molecule has 0 radical (unpaired) electrons. The number of nitrogens with zero attached hydrogens (tertiary/aromatic N) is 3. The molecule has 0 aliphatic carbocycles. The Hall–Kier alpha value is -3.40. The lowest BCUT2D eigenvalue weighted by atomic mass is 10.0. The summed E-state index contributed by atoms with van der Waals surface area (Å²) in [5, 5.41) is 12.7. The molecule has 0 bridgehead atoms. The Morgan fingerprint density at radius 2 is 1.80 bits per heavy atom. The Morgan fingerprint density at radius 1 is 1.10 bits per heavy atom. The van der Waals surface area contributed by atoms with Crippen LogP contribution in [0.15, 0.2) is 42.6 Å². The van der Waals surface area contributed by atoms with Gasteiger partial charge < -0.3 is 5.32 Å². The van der Waals surface area contributed by atoms with Crippen LogP contribution in [0.25, 0.3) is 0 Å². The van der Waals surface area contributed by atoms with Gasteiger partial charge in [-0.1, -0.05) is 0 Å². The number of aromatic amines is 1. The Kier molecular flexibility index (Phi) is 5.40. The van der Waals surface area contributed by atoms with E-state index in [0.29, 0.717) is 5.69 Å². The summed E-state index contributed by atoms with van der Waals surface area (Å²) in [7, 11) is 0. The van der Waals surface area contributed by atoms with Gasteiger partial charge in [-0.3, -0.25) is 24.6 Å². The molecule has 3 N–H and O–H groups in total. The van der Waals surface area contributed by atoms with Crippen molar-refractivity contribution in [3.63, 3.8) is 0 Å². The number of rotatable bonds is 5. The van der Waals surface area contributed by atoms with Crippen molar-refractivity contribution in [3.8, 4) is 0 Å². The van der Waals surface area contributed by atoms with Crippen LogP contribution in [0.3, 0.4) is 0 Å². The van der Waals surface area contributed by atoms with Gasteiger partial charge in [0.1, 0.15) is 5.82 Å². The van der Waals surface area contributed by atoms with Crippen molar-refractivity contribution in [2.75, 3.05) is 22.9 Å². The zero-order valence-electron chi connectivity index (χ0n) is 16.2. The molecule has 2 amide bonds. The molecule has 10 heteroatoms. The number of quaternary nitrogens is 1. The maximum atomic E-state index is 13.1. The van der Waals surface area contributed by atoms with Crippen molar-refractivity contribution >= 4 is 29.0 Å². The molecule has 0 unspecified atom stereocenters. The van der Waals surface area contributed by atoms with E-state index in [2.05, 4.69) is 9.88 Å². The lowest BCUT2D eigenvalue weighted by Gasteiger charge is -2.27. The van der Waals surface area contributed by atoms with E-state index in [1.165, 1.54) is 36.5 Å². The van der Waals surface area contributed by atoms with Crippen LogP contribution in [0.1, 0.15) is 19.3 Å². The third-order valence-electron chi connectivity index (χ3n) is 5.64. The van der Waals surface area contributed by atoms with Crippen LogP contribution in [0.2, 0.25) is 0 Å². The zero-order chi connectivity index (χ0) is 21.3. The summed E-state index contributed by atoms with van der Waals surface area (Å²) >= 11 is 0. The second-order valence-electron chi connectivity index (χ2n) is 7.56. The highest BCUT2D eigenvalue weighted by molar-refractivity contribution is 6.21. The fraction of sp³-hybridized carbons (Fsp3) is 0.350. The highest BCUT2D eigenvalue weighted by Crippen LogP contribution is 2.22. The van der Waals surface area contributed by atoms with Crippen molar-refractivity contribution in [2.24, 2.45) is 0 Å². The number of hydrogen-bond acceptors (Lipinski definition) is 5. The van der Waals surface area contributed by atoms with Crippen LogP contribution in [-0.4, -0.2) is 41.9 Å². The summed E-state index contributed by atoms with van der Waals surface area (Å²) in [6, 6.07) is 8.24. The van der Waals surface area contributed by atoms with Crippen LogP contribution in [-0.2, 0) is 9.59 Å². The molecule has 2 aliphatic heterocycles. The monoisotopic (exact) mass is 415 g/mol. The second kappa shape index (κ2) is 8.15. The molecular weight excluding hydrogens is 393 g/mol. The lowest BCUT2D eigenvalue weighted by molar-refractivity contribution is -0.709. The number of imide groups is 1. The normalized spacial score (nSPS) is 20.1. The minimum atomic E-state index is -0.468. The molecule has 2 fully saturated rings. The third-order valence-corrected chi connectivity index (χ3v) is 5.64. The first-order valence-corrected chi connectivity index (χ1v) is 9.81. The van der Waals surface area contributed by atoms with E-state index in [0.717, 1.165) is 36.6 Å². The molecule has 9 nitrogen and oxygen atoms in total. The minimum Gasteiger partial charge on any atom is -0.333 e. The number of carbonyl (C=O) groups is 2. The van der Waals surface area contributed by atoms with Crippen molar-refractivity contribution in [1.29, 1.82) is 0 Å². The highest BCUT2D eigenvalue weighted by Gasteiger charge is 2.44. The minimum absolute atomic E-state index is 0.0112. The number of halogens is 1. The number of H-pyrrole nitrogens is 1. The molecule has 2 aromatic rings. The lowest BCUT2D eigenvalue weighted by Crippen LogP contribution is -2.97. The standard InChI is InChI=1S/C20H20FN5O4/c21-13-1-3-15(4-2-13)25-19(27)11-17(20(25)28)23-14-7-9-24(10-8-14)18-6-5-16(12-22-18)26(29)30/h1-6,12,14,17,23H,7-11H2/p+2/t17-/m1/s1. The van der Waals surface area contributed by atoms with E-state index in [1.54, 1.807) is 6.07 Å². The fourth-order valence-corrected chi connectivity index (χ4v) is 4.05. The van der Waals surface area contributed by atoms with Crippen molar-refractivity contribution < 1.29 is 29.2 Å². The number of anilines is 2. The number of carbonyl (C=O) groups excluding carboxylic acids is 2. The number of hydrogen-bond donors (Lipinski definition) is 1. The molecule has 1 atom stereocenters. The summed E-state index contributed by atoms with van der Waals surface area (Å²) in [6.07, 6.45) is 3.14. The van der Waals surface area contributed by atoms with Gasteiger partial charge in [0, 0.05) is 25.0 Å². The quantitative estimate of drug-likeness (QED) is 0.432. The number of aromatic nitrogens is 1. The van der Waals surface area contributed by atoms with Crippen LogP contribution in [0, 0.1) is 15.9 Å². The van der Waals surface area contributed by atoms with Gasteiger partial charge in [0.2, 0.25) is 5.91 Å². The summed E-state index contributed by atoms with van der Waals surface area (Å²) in [5.41, 5.74) is 0.405. The van der Waals surface area contributed by atoms with E-state index in [-0.39, 0.29) is 30.0 Å². The predicted molar refractivity (Wildman–Crippen MR) is 104 cm³/mol. The molecule has 4 rings (SSSR count). The van der Waals surface area contributed by atoms with Crippen LogP contribution < -0.4 is 20.1 Å². The van der Waals surface area contributed by atoms with Gasteiger partial charge in [0.05, 0.1) is 36.2 Å². The van der Waals surface area contributed by atoms with Gasteiger partial charge >= 0.3 is 5.69 Å².